The Morgan fingerprint density at radius 2 is 1.66 bits per heavy atom. The molecule has 0 spiro atoms. The van der Waals surface area contributed by atoms with E-state index >= 15 is 0 Å². The van der Waals surface area contributed by atoms with Gasteiger partial charge < -0.3 is 59.5 Å². The Labute approximate surface area is 195 Å². The molecule has 0 radical (unpaired) electrons. The molecule has 8 N–H and O–H groups in total. The fraction of sp³-hybridized carbons (Fsp3) is 0.318. The quantitative estimate of drug-likeness (QED) is 0.209. The van der Waals surface area contributed by atoms with Crippen molar-refractivity contribution in [1.29, 1.82) is 0 Å². The molecule has 1 aliphatic rings. The molecular formula is C22H22O13. The van der Waals surface area contributed by atoms with E-state index in [1.807, 2.05) is 0 Å². The first-order chi connectivity index (χ1) is 16.6. The maximum atomic E-state index is 13.4. The van der Waals surface area contributed by atoms with Crippen LogP contribution in [0.1, 0.15) is 0 Å². The number of hydrogen-bond acceptors (Lipinski definition) is 13. The van der Waals surface area contributed by atoms with E-state index in [9.17, 15) is 45.6 Å². The van der Waals surface area contributed by atoms with Gasteiger partial charge in [-0.3, -0.25) is 4.79 Å². The van der Waals surface area contributed by atoms with Gasteiger partial charge in [-0.1, -0.05) is 0 Å². The number of rotatable bonds is 5. The monoisotopic (exact) mass is 494 g/mol. The van der Waals surface area contributed by atoms with Crippen LogP contribution in [0.4, 0.5) is 0 Å². The zero-order valence-electron chi connectivity index (χ0n) is 18.0. The molecule has 0 bridgehead atoms. The van der Waals surface area contributed by atoms with E-state index in [2.05, 4.69) is 0 Å². The number of benzene rings is 2. The van der Waals surface area contributed by atoms with Gasteiger partial charge in [0, 0.05) is 11.6 Å². The van der Waals surface area contributed by atoms with Gasteiger partial charge in [-0.05, 0) is 18.2 Å². The highest BCUT2D eigenvalue weighted by molar-refractivity contribution is 5.91. The van der Waals surface area contributed by atoms with Crippen LogP contribution in [0, 0.1) is 0 Å². The van der Waals surface area contributed by atoms with Gasteiger partial charge >= 0.3 is 0 Å². The Hall–Kier alpha value is -3.75. The van der Waals surface area contributed by atoms with Crippen molar-refractivity contribution in [2.24, 2.45) is 0 Å². The van der Waals surface area contributed by atoms with E-state index in [1.54, 1.807) is 0 Å². The summed E-state index contributed by atoms with van der Waals surface area (Å²) in [6.07, 6.45) is -8.53. The van der Waals surface area contributed by atoms with Crippen LogP contribution >= 0.6 is 0 Å². The summed E-state index contributed by atoms with van der Waals surface area (Å²) in [6.45, 7) is -0.757. The fourth-order valence-electron chi connectivity index (χ4n) is 3.69. The zero-order chi connectivity index (χ0) is 25.6. The average molecular weight is 494 g/mol. The van der Waals surface area contributed by atoms with Crippen LogP contribution in [0.3, 0.4) is 0 Å². The van der Waals surface area contributed by atoms with Crippen molar-refractivity contribution >= 4 is 11.0 Å². The Morgan fingerprint density at radius 1 is 0.943 bits per heavy atom. The average Bonchev–Trinajstić information content (AvgIpc) is 2.84. The molecule has 13 heteroatoms. The van der Waals surface area contributed by atoms with Crippen LogP contribution in [-0.4, -0.2) is 85.3 Å². The molecule has 1 aromatic heterocycles. The molecule has 1 fully saturated rings. The van der Waals surface area contributed by atoms with E-state index < -0.39 is 71.1 Å². The number of fused-ring (bicyclic) bond motifs is 1. The smallest absolute Gasteiger partial charge is 0.239 e. The van der Waals surface area contributed by atoms with Crippen molar-refractivity contribution in [1.82, 2.24) is 0 Å². The molecule has 0 aliphatic carbocycles. The van der Waals surface area contributed by atoms with Gasteiger partial charge in [-0.25, -0.2) is 0 Å². The molecular weight excluding hydrogens is 472 g/mol. The molecule has 0 amide bonds. The first-order valence-electron chi connectivity index (χ1n) is 10.2. The summed E-state index contributed by atoms with van der Waals surface area (Å²) in [4.78, 5) is 13.4. The molecule has 2 aromatic carbocycles. The third-order valence-corrected chi connectivity index (χ3v) is 5.59. The summed E-state index contributed by atoms with van der Waals surface area (Å²) >= 11 is 0. The van der Waals surface area contributed by atoms with Crippen LogP contribution in [0.25, 0.3) is 22.3 Å². The van der Waals surface area contributed by atoms with Gasteiger partial charge in [0.1, 0.15) is 35.4 Å². The second-order valence-electron chi connectivity index (χ2n) is 7.76. The standard InChI is InChI=1S/C22H22O13/c1-32-10-4-7(2-3-8(10)24)20-21(35-22-19(31)18(30)15(27)12(6-23)34-22)17(29)13-11(33-20)5-9(25)14(26)16(13)28/h2-5,12,15,18-19,22-28,30-31H,6H2,1H3/t12-,15+,18+,19-,22+/m1/s1. The van der Waals surface area contributed by atoms with Crippen LogP contribution in [0.5, 0.6) is 34.5 Å². The minimum atomic E-state index is -1.88. The van der Waals surface area contributed by atoms with Crippen molar-refractivity contribution in [2.75, 3.05) is 13.7 Å². The fourth-order valence-corrected chi connectivity index (χ4v) is 3.69. The van der Waals surface area contributed by atoms with Gasteiger partial charge in [0.05, 0.1) is 13.7 Å². The van der Waals surface area contributed by atoms with Crippen LogP contribution in [-0.2, 0) is 4.74 Å². The largest absolute Gasteiger partial charge is 0.504 e. The highest BCUT2D eigenvalue weighted by Gasteiger charge is 2.45. The number of phenolic OH excluding ortho intramolecular Hbond substituents is 4. The minimum Gasteiger partial charge on any atom is -0.504 e. The van der Waals surface area contributed by atoms with Crippen molar-refractivity contribution in [3.63, 3.8) is 0 Å². The summed E-state index contributed by atoms with van der Waals surface area (Å²) in [7, 11) is 1.28. The number of methoxy groups -OCH3 is 1. The summed E-state index contributed by atoms with van der Waals surface area (Å²) in [6, 6.07) is 4.70. The van der Waals surface area contributed by atoms with Gasteiger partial charge in [-0.2, -0.15) is 0 Å². The number of aromatic hydroxyl groups is 4. The molecule has 1 aliphatic heterocycles. The van der Waals surface area contributed by atoms with Gasteiger partial charge in [-0.15, -0.1) is 0 Å². The second-order valence-corrected chi connectivity index (χ2v) is 7.76. The Balaban J connectivity index is 1.95. The third-order valence-electron chi connectivity index (χ3n) is 5.59. The SMILES string of the molecule is COc1cc(-c2oc3cc(O)c(O)c(O)c3c(=O)c2O[C@@H]2O[C@H](CO)[C@H](O)[C@H](O)[C@H]2O)ccc1O. The lowest BCUT2D eigenvalue weighted by Crippen LogP contribution is -2.60. The summed E-state index contributed by atoms with van der Waals surface area (Å²) in [5.74, 6) is -4.05. The third kappa shape index (κ3) is 4.05. The summed E-state index contributed by atoms with van der Waals surface area (Å²) in [5, 5.41) is 79.2. The summed E-state index contributed by atoms with van der Waals surface area (Å²) in [5.41, 5.74) is -1.32. The predicted molar refractivity (Wildman–Crippen MR) is 116 cm³/mol. The predicted octanol–water partition coefficient (Wildman–Crippen LogP) is -0.530. The number of hydrogen-bond donors (Lipinski definition) is 8. The zero-order valence-corrected chi connectivity index (χ0v) is 18.0. The van der Waals surface area contributed by atoms with E-state index in [4.69, 9.17) is 18.6 Å². The first-order valence-corrected chi connectivity index (χ1v) is 10.2. The van der Waals surface area contributed by atoms with Crippen molar-refractivity contribution in [3.8, 4) is 45.8 Å². The van der Waals surface area contributed by atoms with Crippen LogP contribution in [0.15, 0.2) is 33.5 Å². The highest BCUT2D eigenvalue weighted by atomic mass is 16.7. The molecule has 4 rings (SSSR count). The van der Waals surface area contributed by atoms with E-state index in [1.165, 1.54) is 25.3 Å². The Bertz CT molecular complexity index is 1320. The lowest BCUT2D eigenvalue weighted by atomic mass is 9.99. The highest BCUT2D eigenvalue weighted by Crippen LogP contribution is 2.43. The number of aliphatic hydroxyl groups is 4. The molecule has 3 aromatic rings. The summed E-state index contributed by atoms with van der Waals surface area (Å²) < 4.78 is 21.6. The van der Waals surface area contributed by atoms with E-state index in [0.29, 0.717) is 0 Å². The van der Waals surface area contributed by atoms with Gasteiger partial charge in [0.15, 0.2) is 28.8 Å². The molecule has 2 heterocycles. The Kier molecular flexibility index (Phi) is 6.36. The van der Waals surface area contributed by atoms with Crippen molar-refractivity contribution < 1.29 is 59.5 Å². The lowest BCUT2D eigenvalue weighted by molar-refractivity contribution is -0.277. The normalized spacial score (nSPS) is 24.4. The lowest BCUT2D eigenvalue weighted by Gasteiger charge is -2.39. The number of aliphatic hydroxyl groups excluding tert-OH is 4. The minimum absolute atomic E-state index is 0.0135. The maximum Gasteiger partial charge on any atom is 0.239 e. The van der Waals surface area contributed by atoms with Crippen molar-refractivity contribution in [3.05, 3.63) is 34.5 Å². The van der Waals surface area contributed by atoms with Crippen LogP contribution < -0.4 is 14.9 Å². The molecule has 0 saturated carbocycles. The topological polar surface area (TPSA) is 220 Å². The maximum absolute atomic E-state index is 13.4. The van der Waals surface area contributed by atoms with Gasteiger partial charge in [0.25, 0.3) is 0 Å². The van der Waals surface area contributed by atoms with Gasteiger partial charge in [0.2, 0.25) is 23.2 Å². The number of ether oxygens (including phenoxy) is 3. The molecule has 0 unspecified atom stereocenters. The number of phenols is 4. The Morgan fingerprint density at radius 3 is 2.31 bits per heavy atom. The molecule has 188 valence electrons. The van der Waals surface area contributed by atoms with E-state index in [-0.39, 0.29) is 28.4 Å². The van der Waals surface area contributed by atoms with Crippen LogP contribution in [0.2, 0.25) is 0 Å². The van der Waals surface area contributed by atoms with Crippen molar-refractivity contribution in [2.45, 2.75) is 30.7 Å². The van der Waals surface area contributed by atoms with E-state index in [0.717, 1.165) is 6.07 Å². The molecule has 35 heavy (non-hydrogen) atoms. The molecule has 5 atom stereocenters. The second kappa shape index (κ2) is 9.13. The first kappa shape index (κ1) is 24.4. The molecule has 1 saturated heterocycles. The molecule has 13 nitrogen and oxygen atoms in total.